The predicted octanol–water partition coefficient (Wildman–Crippen LogP) is 1.20. The first-order valence-electron chi connectivity index (χ1n) is 5.72. The van der Waals surface area contributed by atoms with Crippen LogP contribution >= 0.6 is 0 Å². The molecule has 0 spiro atoms. The molecule has 90 valence electrons. The van der Waals surface area contributed by atoms with Gasteiger partial charge in [0.25, 0.3) is 0 Å². The first-order valence-corrected chi connectivity index (χ1v) is 5.72. The van der Waals surface area contributed by atoms with Gasteiger partial charge in [-0.1, -0.05) is 12.1 Å². The third kappa shape index (κ3) is 1.30. The zero-order valence-electron chi connectivity index (χ0n) is 9.95. The molecule has 17 heavy (non-hydrogen) atoms. The lowest BCUT2D eigenvalue weighted by Crippen LogP contribution is -2.43. The summed E-state index contributed by atoms with van der Waals surface area (Å²) >= 11 is 0. The van der Waals surface area contributed by atoms with Crippen molar-refractivity contribution in [3.63, 3.8) is 0 Å². The van der Waals surface area contributed by atoms with E-state index in [4.69, 9.17) is 9.47 Å². The second-order valence-electron chi connectivity index (χ2n) is 4.61. The molecule has 0 saturated heterocycles. The quantitative estimate of drug-likeness (QED) is 0.780. The Balaban J connectivity index is 2.03. The molecule has 1 aromatic rings. The van der Waals surface area contributed by atoms with E-state index in [2.05, 4.69) is 11.4 Å². The molecule has 1 N–H and O–H groups in total. The molecule has 0 unspecified atom stereocenters. The summed E-state index contributed by atoms with van der Waals surface area (Å²) in [5.74, 6) is 0.897. The maximum atomic E-state index is 11.8. The highest BCUT2D eigenvalue weighted by Gasteiger charge is 2.64. The Bertz CT molecular complexity index is 471. The van der Waals surface area contributed by atoms with Gasteiger partial charge in [0.15, 0.2) is 0 Å². The largest absolute Gasteiger partial charge is 0.496 e. The lowest BCUT2D eigenvalue weighted by atomic mass is 9.95. The fourth-order valence-electron chi connectivity index (χ4n) is 2.86. The SMILES string of the molecule is COC(=O)[C@@]12C[C@@H]1c1c(cccc1OC)CN2. The minimum Gasteiger partial charge on any atom is -0.496 e. The van der Waals surface area contributed by atoms with E-state index < -0.39 is 5.54 Å². The van der Waals surface area contributed by atoms with Crippen molar-refractivity contribution in [3.05, 3.63) is 29.3 Å². The molecule has 1 fully saturated rings. The van der Waals surface area contributed by atoms with Gasteiger partial charge in [-0.25, -0.2) is 0 Å². The van der Waals surface area contributed by atoms with Crippen molar-refractivity contribution in [2.45, 2.75) is 24.4 Å². The summed E-state index contributed by atoms with van der Waals surface area (Å²) in [5, 5.41) is 3.30. The smallest absolute Gasteiger partial charge is 0.326 e. The number of esters is 1. The van der Waals surface area contributed by atoms with E-state index in [0.717, 1.165) is 12.2 Å². The highest BCUT2D eigenvalue weighted by molar-refractivity contribution is 5.88. The van der Waals surface area contributed by atoms with Gasteiger partial charge in [0.1, 0.15) is 11.3 Å². The van der Waals surface area contributed by atoms with E-state index in [1.54, 1.807) is 7.11 Å². The van der Waals surface area contributed by atoms with Crippen LogP contribution in [-0.4, -0.2) is 25.7 Å². The fraction of sp³-hybridized carbons (Fsp3) is 0.462. The van der Waals surface area contributed by atoms with Gasteiger partial charge >= 0.3 is 5.97 Å². The topological polar surface area (TPSA) is 47.6 Å². The average Bonchev–Trinajstić information content (AvgIpc) is 3.13. The van der Waals surface area contributed by atoms with Gasteiger partial charge in [0.05, 0.1) is 14.2 Å². The van der Waals surface area contributed by atoms with Gasteiger partial charge in [-0.2, -0.15) is 0 Å². The van der Waals surface area contributed by atoms with Gasteiger partial charge in [-0.15, -0.1) is 0 Å². The van der Waals surface area contributed by atoms with Crippen LogP contribution in [-0.2, 0) is 16.1 Å². The van der Waals surface area contributed by atoms with E-state index >= 15 is 0 Å². The lowest BCUT2D eigenvalue weighted by molar-refractivity contribution is -0.144. The Morgan fingerprint density at radius 1 is 1.47 bits per heavy atom. The van der Waals surface area contributed by atoms with Crippen LogP contribution in [0.5, 0.6) is 5.75 Å². The van der Waals surface area contributed by atoms with Crippen LogP contribution in [0.25, 0.3) is 0 Å². The van der Waals surface area contributed by atoms with Crippen LogP contribution in [0.2, 0.25) is 0 Å². The Hall–Kier alpha value is -1.55. The molecule has 1 saturated carbocycles. The summed E-state index contributed by atoms with van der Waals surface area (Å²) < 4.78 is 10.3. The molecule has 4 heteroatoms. The number of nitrogens with one attached hydrogen (secondary N) is 1. The molecule has 1 aliphatic heterocycles. The molecule has 3 rings (SSSR count). The Morgan fingerprint density at radius 3 is 3.00 bits per heavy atom. The number of fused-ring (bicyclic) bond motifs is 3. The van der Waals surface area contributed by atoms with Crippen molar-refractivity contribution < 1.29 is 14.3 Å². The van der Waals surface area contributed by atoms with Crippen LogP contribution in [0.1, 0.15) is 23.5 Å². The van der Waals surface area contributed by atoms with Crippen molar-refractivity contribution in [2.24, 2.45) is 0 Å². The zero-order chi connectivity index (χ0) is 12.0. The number of benzene rings is 1. The van der Waals surface area contributed by atoms with Gasteiger partial charge < -0.3 is 9.47 Å². The Morgan fingerprint density at radius 2 is 2.29 bits per heavy atom. The number of hydrogen-bond donors (Lipinski definition) is 1. The lowest BCUT2D eigenvalue weighted by Gasteiger charge is -2.25. The molecular formula is C13H15NO3. The van der Waals surface area contributed by atoms with Crippen LogP contribution in [0, 0.1) is 0 Å². The maximum Gasteiger partial charge on any atom is 0.326 e. The molecule has 2 aliphatic rings. The van der Waals surface area contributed by atoms with Crippen LogP contribution in [0.4, 0.5) is 0 Å². The average molecular weight is 233 g/mol. The fourth-order valence-corrected chi connectivity index (χ4v) is 2.86. The number of ether oxygens (including phenoxy) is 2. The Kier molecular flexibility index (Phi) is 2.16. The monoisotopic (exact) mass is 233 g/mol. The predicted molar refractivity (Wildman–Crippen MR) is 61.9 cm³/mol. The molecule has 0 bridgehead atoms. The highest BCUT2D eigenvalue weighted by Crippen LogP contribution is 2.57. The van der Waals surface area contributed by atoms with E-state index in [0.29, 0.717) is 6.54 Å². The van der Waals surface area contributed by atoms with Crippen LogP contribution in [0.3, 0.4) is 0 Å². The van der Waals surface area contributed by atoms with Crippen LogP contribution < -0.4 is 10.1 Å². The number of hydrogen-bond acceptors (Lipinski definition) is 4. The van der Waals surface area contributed by atoms with Crippen molar-refractivity contribution in [1.82, 2.24) is 5.32 Å². The van der Waals surface area contributed by atoms with Gasteiger partial charge in [0.2, 0.25) is 0 Å². The molecule has 0 aromatic heterocycles. The van der Waals surface area contributed by atoms with E-state index in [9.17, 15) is 4.79 Å². The van der Waals surface area contributed by atoms with Crippen molar-refractivity contribution >= 4 is 5.97 Å². The van der Waals surface area contributed by atoms with E-state index in [-0.39, 0.29) is 11.9 Å². The number of carbonyl (C=O) groups is 1. The molecule has 2 atom stereocenters. The first-order chi connectivity index (χ1) is 8.23. The molecule has 0 amide bonds. The van der Waals surface area contributed by atoms with Crippen molar-refractivity contribution in [2.75, 3.05) is 14.2 Å². The van der Waals surface area contributed by atoms with Crippen molar-refractivity contribution in [3.8, 4) is 5.75 Å². The number of carbonyl (C=O) groups excluding carboxylic acids is 1. The summed E-state index contributed by atoms with van der Waals surface area (Å²) in [7, 11) is 3.10. The second kappa shape index (κ2) is 3.47. The summed E-state index contributed by atoms with van der Waals surface area (Å²) in [4.78, 5) is 11.8. The van der Waals surface area contributed by atoms with Gasteiger partial charge in [-0.3, -0.25) is 10.1 Å². The standard InChI is InChI=1S/C13H15NO3/c1-16-10-5-3-4-8-7-14-13(12(15)17-2)6-9(13)11(8)10/h3-5,9,14H,6-7H2,1-2H3/t9-,13-/m1/s1. The third-order valence-electron chi connectivity index (χ3n) is 3.83. The molecular weight excluding hydrogens is 218 g/mol. The molecule has 0 radical (unpaired) electrons. The zero-order valence-corrected chi connectivity index (χ0v) is 9.95. The minimum atomic E-state index is -0.504. The summed E-state index contributed by atoms with van der Waals surface area (Å²) in [6.07, 6.45) is 0.799. The minimum absolute atomic E-state index is 0.168. The highest BCUT2D eigenvalue weighted by atomic mass is 16.5. The number of rotatable bonds is 2. The third-order valence-corrected chi connectivity index (χ3v) is 3.83. The maximum absolute atomic E-state index is 11.8. The first kappa shape index (κ1) is 10.6. The van der Waals surface area contributed by atoms with Crippen molar-refractivity contribution in [1.29, 1.82) is 0 Å². The Labute approximate surface area is 99.9 Å². The molecule has 4 nitrogen and oxygen atoms in total. The van der Waals surface area contributed by atoms with E-state index in [1.807, 2.05) is 12.1 Å². The summed E-state index contributed by atoms with van der Waals surface area (Å²) in [6, 6.07) is 6.00. The summed E-state index contributed by atoms with van der Waals surface area (Å²) in [6.45, 7) is 0.693. The van der Waals surface area contributed by atoms with Gasteiger partial charge in [0, 0.05) is 18.0 Å². The second-order valence-corrected chi connectivity index (χ2v) is 4.61. The summed E-state index contributed by atoms with van der Waals surface area (Å²) in [5.41, 5.74) is 1.88. The normalized spacial score (nSPS) is 28.9. The molecule has 1 aliphatic carbocycles. The van der Waals surface area contributed by atoms with Gasteiger partial charge in [-0.05, 0) is 18.1 Å². The molecule has 1 heterocycles. The number of methoxy groups -OCH3 is 2. The van der Waals surface area contributed by atoms with Crippen LogP contribution in [0.15, 0.2) is 18.2 Å². The van der Waals surface area contributed by atoms with E-state index in [1.165, 1.54) is 18.2 Å². The molecule has 1 aromatic carbocycles.